The molecule has 0 aliphatic heterocycles. The fourth-order valence-electron chi connectivity index (χ4n) is 1.41. The van der Waals surface area contributed by atoms with Gasteiger partial charge < -0.3 is 4.74 Å². The first-order chi connectivity index (χ1) is 7.63. The maximum absolute atomic E-state index is 11.6. The number of hydrogen-bond donors (Lipinski definition) is 0. The van der Waals surface area contributed by atoms with Gasteiger partial charge in [0.05, 0.1) is 12.2 Å². The van der Waals surface area contributed by atoms with Gasteiger partial charge in [-0.2, -0.15) is 0 Å². The van der Waals surface area contributed by atoms with Gasteiger partial charge in [0.1, 0.15) is 5.15 Å². The normalized spacial score (nSPS) is 12.2. The topological polar surface area (TPSA) is 39.2 Å². The molecule has 16 heavy (non-hydrogen) atoms. The van der Waals surface area contributed by atoms with E-state index in [0.29, 0.717) is 23.2 Å². The molecule has 0 bridgehead atoms. The van der Waals surface area contributed by atoms with E-state index in [1.807, 2.05) is 0 Å². The summed E-state index contributed by atoms with van der Waals surface area (Å²) in [5.74, 6) is 0.0542. The maximum Gasteiger partial charge on any atom is 0.338 e. The van der Waals surface area contributed by atoms with E-state index in [2.05, 4.69) is 18.8 Å². The zero-order valence-electron chi connectivity index (χ0n) is 9.57. The molecule has 1 atom stereocenters. The fraction of sp³-hybridized carbons (Fsp3) is 0.500. The molecule has 0 radical (unpaired) electrons. The fourth-order valence-corrected chi connectivity index (χ4v) is 1.58. The minimum atomic E-state index is -0.341. The summed E-state index contributed by atoms with van der Waals surface area (Å²) in [5.41, 5.74) is 0.448. The molecule has 0 saturated carbocycles. The second kappa shape index (κ2) is 6.48. The minimum Gasteiger partial charge on any atom is -0.462 e. The molecule has 1 aromatic rings. The third-order valence-corrected chi connectivity index (χ3v) is 2.45. The first-order valence-corrected chi connectivity index (χ1v) is 5.80. The number of esters is 1. The highest BCUT2D eigenvalue weighted by Gasteiger charge is 2.09. The van der Waals surface area contributed by atoms with Crippen molar-refractivity contribution in [3.63, 3.8) is 0 Å². The van der Waals surface area contributed by atoms with Crippen molar-refractivity contribution in [2.45, 2.75) is 26.7 Å². The van der Waals surface area contributed by atoms with Crippen molar-refractivity contribution < 1.29 is 9.53 Å². The second-order valence-electron chi connectivity index (χ2n) is 3.86. The summed E-state index contributed by atoms with van der Waals surface area (Å²) in [7, 11) is 0. The van der Waals surface area contributed by atoms with Crippen LogP contribution in [0, 0.1) is 5.92 Å². The molecule has 3 nitrogen and oxygen atoms in total. The van der Waals surface area contributed by atoms with E-state index in [4.69, 9.17) is 16.3 Å². The standard InChI is InChI=1S/C12H16ClNO2/c1-3-4-9(2)8-16-12(15)10-5-6-14-11(13)7-10/h5-7,9H,3-4,8H2,1-2H3. The quantitative estimate of drug-likeness (QED) is 0.586. The molecule has 0 spiro atoms. The predicted octanol–water partition coefficient (Wildman–Crippen LogP) is 3.33. The smallest absolute Gasteiger partial charge is 0.338 e. The highest BCUT2D eigenvalue weighted by atomic mass is 35.5. The van der Waals surface area contributed by atoms with Crippen LogP contribution in [0.25, 0.3) is 0 Å². The van der Waals surface area contributed by atoms with Gasteiger partial charge >= 0.3 is 5.97 Å². The average Bonchev–Trinajstić information content (AvgIpc) is 2.26. The molecule has 1 aromatic heterocycles. The van der Waals surface area contributed by atoms with Gasteiger partial charge in [0.25, 0.3) is 0 Å². The number of nitrogens with zero attached hydrogens (tertiary/aromatic N) is 1. The zero-order valence-corrected chi connectivity index (χ0v) is 10.3. The number of hydrogen-bond acceptors (Lipinski definition) is 3. The molecule has 1 unspecified atom stereocenters. The van der Waals surface area contributed by atoms with Crippen LogP contribution in [0.5, 0.6) is 0 Å². The average molecular weight is 242 g/mol. The lowest BCUT2D eigenvalue weighted by Gasteiger charge is -2.10. The summed E-state index contributed by atoms with van der Waals surface area (Å²) >= 11 is 5.68. The summed E-state index contributed by atoms with van der Waals surface area (Å²) in [6, 6.07) is 3.10. The first-order valence-electron chi connectivity index (χ1n) is 5.42. The Kier molecular flexibility index (Phi) is 5.26. The highest BCUT2D eigenvalue weighted by Crippen LogP contribution is 2.10. The van der Waals surface area contributed by atoms with Crippen molar-refractivity contribution >= 4 is 17.6 Å². The Morgan fingerprint density at radius 2 is 2.38 bits per heavy atom. The van der Waals surface area contributed by atoms with Crippen molar-refractivity contribution in [3.8, 4) is 0 Å². The van der Waals surface area contributed by atoms with E-state index >= 15 is 0 Å². The van der Waals surface area contributed by atoms with Crippen molar-refractivity contribution in [1.29, 1.82) is 0 Å². The maximum atomic E-state index is 11.6. The van der Waals surface area contributed by atoms with Crippen LogP contribution in [0.15, 0.2) is 18.3 Å². The molecular weight excluding hydrogens is 226 g/mol. The summed E-state index contributed by atoms with van der Waals surface area (Å²) in [4.78, 5) is 15.4. The van der Waals surface area contributed by atoms with Crippen LogP contribution in [0.3, 0.4) is 0 Å². The predicted molar refractivity (Wildman–Crippen MR) is 63.6 cm³/mol. The Labute approximate surface area is 101 Å². The molecule has 1 heterocycles. The van der Waals surface area contributed by atoms with E-state index in [1.165, 1.54) is 12.3 Å². The minimum absolute atomic E-state index is 0.302. The Balaban J connectivity index is 2.47. The van der Waals surface area contributed by atoms with E-state index in [1.54, 1.807) is 6.07 Å². The van der Waals surface area contributed by atoms with Gasteiger partial charge in [-0.25, -0.2) is 9.78 Å². The zero-order chi connectivity index (χ0) is 12.0. The van der Waals surface area contributed by atoms with E-state index in [0.717, 1.165) is 12.8 Å². The molecule has 0 fully saturated rings. The van der Waals surface area contributed by atoms with Crippen LogP contribution in [0.2, 0.25) is 5.15 Å². The van der Waals surface area contributed by atoms with Gasteiger partial charge in [0.15, 0.2) is 0 Å². The lowest BCUT2D eigenvalue weighted by atomic mass is 10.1. The molecular formula is C12H16ClNO2. The van der Waals surface area contributed by atoms with E-state index in [9.17, 15) is 4.79 Å². The molecule has 0 saturated heterocycles. The van der Waals surface area contributed by atoms with Crippen molar-refractivity contribution in [3.05, 3.63) is 29.0 Å². The molecule has 0 aromatic carbocycles. The van der Waals surface area contributed by atoms with Gasteiger partial charge in [0.2, 0.25) is 0 Å². The molecule has 0 aliphatic rings. The van der Waals surface area contributed by atoms with Gasteiger partial charge in [-0.1, -0.05) is 31.9 Å². The monoisotopic (exact) mass is 241 g/mol. The number of carbonyl (C=O) groups excluding carboxylic acids is 1. The Hall–Kier alpha value is -1.09. The van der Waals surface area contributed by atoms with E-state index < -0.39 is 0 Å². The van der Waals surface area contributed by atoms with E-state index in [-0.39, 0.29) is 5.97 Å². The Bertz CT molecular complexity index is 355. The van der Waals surface area contributed by atoms with Gasteiger partial charge in [-0.3, -0.25) is 0 Å². The van der Waals surface area contributed by atoms with Crippen molar-refractivity contribution in [2.75, 3.05) is 6.61 Å². The first kappa shape index (κ1) is 13.0. The van der Waals surface area contributed by atoms with Crippen molar-refractivity contribution in [2.24, 2.45) is 5.92 Å². The summed E-state index contributed by atoms with van der Waals surface area (Å²) < 4.78 is 5.17. The lowest BCUT2D eigenvalue weighted by Crippen LogP contribution is -2.12. The van der Waals surface area contributed by atoms with Crippen LogP contribution in [-0.2, 0) is 4.74 Å². The third kappa shape index (κ3) is 4.19. The molecule has 0 aliphatic carbocycles. The number of ether oxygens (including phenoxy) is 1. The van der Waals surface area contributed by atoms with Gasteiger partial charge in [-0.05, 0) is 24.5 Å². The molecule has 0 N–H and O–H groups in total. The summed E-state index contributed by atoms with van der Waals surface area (Å²) in [5, 5.41) is 0.302. The number of carbonyl (C=O) groups is 1. The summed E-state index contributed by atoms with van der Waals surface area (Å²) in [6.07, 6.45) is 3.65. The van der Waals surface area contributed by atoms with Crippen LogP contribution in [0.1, 0.15) is 37.0 Å². The Morgan fingerprint density at radius 3 is 3.00 bits per heavy atom. The van der Waals surface area contributed by atoms with Gasteiger partial charge in [-0.15, -0.1) is 0 Å². The second-order valence-corrected chi connectivity index (χ2v) is 4.25. The van der Waals surface area contributed by atoms with Gasteiger partial charge in [0, 0.05) is 6.20 Å². The number of halogens is 1. The van der Waals surface area contributed by atoms with Crippen molar-refractivity contribution in [1.82, 2.24) is 4.98 Å². The van der Waals surface area contributed by atoms with Crippen LogP contribution in [0.4, 0.5) is 0 Å². The molecule has 0 amide bonds. The lowest BCUT2D eigenvalue weighted by molar-refractivity contribution is 0.0443. The largest absolute Gasteiger partial charge is 0.462 e. The number of aromatic nitrogens is 1. The molecule has 88 valence electrons. The van der Waals surface area contributed by atoms with Crippen LogP contribution < -0.4 is 0 Å². The van der Waals surface area contributed by atoms with Crippen LogP contribution >= 0.6 is 11.6 Å². The number of rotatable bonds is 5. The summed E-state index contributed by atoms with van der Waals surface area (Å²) in [6.45, 7) is 4.63. The highest BCUT2D eigenvalue weighted by molar-refractivity contribution is 6.29. The molecule has 4 heteroatoms. The number of pyridine rings is 1. The Morgan fingerprint density at radius 1 is 1.62 bits per heavy atom. The molecule has 1 rings (SSSR count). The van der Waals surface area contributed by atoms with Crippen LogP contribution in [-0.4, -0.2) is 17.6 Å². The third-order valence-electron chi connectivity index (χ3n) is 2.24. The SMILES string of the molecule is CCCC(C)COC(=O)c1ccnc(Cl)c1.